The van der Waals surface area contributed by atoms with E-state index < -0.39 is 10.2 Å². The topological polar surface area (TPSA) is 54.3 Å². The average Bonchev–Trinajstić information content (AvgIpc) is 2.75. The maximum atomic E-state index is 12.1. The van der Waals surface area contributed by atoms with Crippen molar-refractivity contribution in [1.29, 1.82) is 0 Å². The van der Waals surface area contributed by atoms with Crippen LogP contribution < -0.4 is 4.72 Å². The molecule has 1 aromatic heterocycles. The standard InChI is InChI=1S/C11H19N3O2S/c1-3-6-12-17(15,16)14-9-8-13-7-4-5-11(13)10(14)2/h4-5,7,10,12H,3,6,8-9H2,1-2H3. The summed E-state index contributed by atoms with van der Waals surface area (Å²) in [7, 11) is -3.35. The fraction of sp³-hybridized carbons (Fsp3) is 0.636. The smallest absolute Gasteiger partial charge is 0.280 e. The summed E-state index contributed by atoms with van der Waals surface area (Å²) in [6, 6.07) is 3.83. The molecule has 0 bridgehead atoms. The van der Waals surface area contributed by atoms with E-state index in [9.17, 15) is 8.42 Å². The molecule has 0 fully saturated rings. The molecule has 1 aliphatic rings. The van der Waals surface area contributed by atoms with Gasteiger partial charge in [0.1, 0.15) is 0 Å². The van der Waals surface area contributed by atoms with Crippen molar-refractivity contribution in [2.45, 2.75) is 32.9 Å². The number of aromatic nitrogens is 1. The fourth-order valence-electron chi connectivity index (χ4n) is 2.20. The van der Waals surface area contributed by atoms with E-state index in [1.807, 2.05) is 32.2 Å². The summed E-state index contributed by atoms with van der Waals surface area (Å²) in [4.78, 5) is 0. The van der Waals surface area contributed by atoms with E-state index in [0.29, 0.717) is 13.1 Å². The van der Waals surface area contributed by atoms with Crippen molar-refractivity contribution in [2.75, 3.05) is 13.1 Å². The Morgan fingerprint density at radius 3 is 2.94 bits per heavy atom. The van der Waals surface area contributed by atoms with Gasteiger partial charge in [-0.15, -0.1) is 0 Å². The van der Waals surface area contributed by atoms with Gasteiger partial charge in [0, 0.05) is 31.5 Å². The van der Waals surface area contributed by atoms with Crippen LogP contribution in [-0.2, 0) is 16.8 Å². The van der Waals surface area contributed by atoms with Crippen molar-refractivity contribution in [2.24, 2.45) is 0 Å². The molecule has 0 amide bonds. The highest BCUT2D eigenvalue weighted by Crippen LogP contribution is 2.27. The van der Waals surface area contributed by atoms with Crippen molar-refractivity contribution in [3.8, 4) is 0 Å². The Labute approximate surface area is 103 Å². The van der Waals surface area contributed by atoms with Crippen molar-refractivity contribution in [3.63, 3.8) is 0 Å². The minimum atomic E-state index is -3.35. The molecule has 96 valence electrons. The van der Waals surface area contributed by atoms with Crippen LogP contribution in [0, 0.1) is 0 Å². The highest BCUT2D eigenvalue weighted by molar-refractivity contribution is 7.87. The molecule has 1 unspecified atom stereocenters. The van der Waals surface area contributed by atoms with E-state index in [-0.39, 0.29) is 6.04 Å². The zero-order valence-electron chi connectivity index (χ0n) is 10.3. The van der Waals surface area contributed by atoms with Crippen LogP contribution in [-0.4, -0.2) is 30.4 Å². The molecule has 17 heavy (non-hydrogen) atoms. The zero-order valence-corrected chi connectivity index (χ0v) is 11.1. The maximum absolute atomic E-state index is 12.1. The normalized spacial score (nSPS) is 21.4. The van der Waals surface area contributed by atoms with E-state index in [1.54, 1.807) is 0 Å². The van der Waals surface area contributed by atoms with E-state index in [2.05, 4.69) is 9.29 Å². The van der Waals surface area contributed by atoms with Crippen LogP contribution >= 0.6 is 0 Å². The molecule has 0 aromatic carbocycles. The second-order valence-electron chi connectivity index (χ2n) is 4.31. The predicted octanol–water partition coefficient (Wildman–Crippen LogP) is 1.11. The number of nitrogens with zero attached hydrogens (tertiary/aromatic N) is 2. The van der Waals surface area contributed by atoms with Gasteiger partial charge in [-0.05, 0) is 25.5 Å². The highest BCUT2D eigenvalue weighted by atomic mass is 32.2. The molecular weight excluding hydrogens is 238 g/mol. The molecule has 1 atom stereocenters. The minimum absolute atomic E-state index is 0.104. The molecule has 1 aliphatic heterocycles. The van der Waals surface area contributed by atoms with Crippen LogP contribution in [0.15, 0.2) is 18.3 Å². The number of rotatable bonds is 4. The third-order valence-corrected chi connectivity index (χ3v) is 4.81. The van der Waals surface area contributed by atoms with Crippen molar-refractivity contribution in [3.05, 3.63) is 24.0 Å². The number of hydrogen-bond donors (Lipinski definition) is 1. The van der Waals surface area contributed by atoms with Gasteiger partial charge in [0.25, 0.3) is 10.2 Å². The Bertz CT molecular complexity index is 481. The monoisotopic (exact) mass is 257 g/mol. The molecule has 0 saturated carbocycles. The van der Waals surface area contributed by atoms with Gasteiger partial charge >= 0.3 is 0 Å². The number of nitrogens with one attached hydrogen (secondary N) is 1. The van der Waals surface area contributed by atoms with Gasteiger partial charge in [-0.2, -0.15) is 12.7 Å². The van der Waals surface area contributed by atoms with Gasteiger partial charge in [0.05, 0.1) is 6.04 Å². The molecule has 0 spiro atoms. The lowest BCUT2D eigenvalue weighted by molar-refractivity contribution is 0.279. The molecule has 6 heteroatoms. The first-order valence-electron chi connectivity index (χ1n) is 5.97. The van der Waals surface area contributed by atoms with Crippen LogP contribution in [0.5, 0.6) is 0 Å². The van der Waals surface area contributed by atoms with Gasteiger partial charge in [0.2, 0.25) is 0 Å². The second kappa shape index (κ2) is 4.80. The average molecular weight is 257 g/mol. The molecule has 0 radical (unpaired) electrons. The Morgan fingerprint density at radius 2 is 2.24 bits per heavy atom. The molecule has 1 aromatic rings. The number of fused-ring (bicyclic) bond motifs is 1. The molecule has 2 heterocycles. The molecular formula is C11H19N3O2S. The van der Waals surface area contributed by atoms with Crippen LogP contribution in [0.3, 0.4) is 0 Å². The fourth-order valence-corrected chi connectivity index (χ4v) is 3.67. The Hall–Kier alpha value is -0.850. The lowest BCUT2D eigenvalue weighted by Crippen LogP contribution is -2.46. The Kier molecular flexibility index (Phi) is 3.56. The summed E-state index contributed by atoms with van der Waals surface area (Å²) >= 11 is 0. The van der Waals surface area contributed by atoms with Crippen LogP contribution in [0.2, 0.25) is 0 Å². The van der Waals surface area contributed by atoms with Crippen molar-refractivity contribution >= 4 is 10.2 Å². The molecule has 0 saturated heterocycles. The number of hydrogen-bond acceptors (Lipinski definition) is 2. The zero-order chi connectivity index (χ0) is 12.5. The lowest BCUT2D eigenvalue weighted by atomic mass is 10.2. The first kappa shape index (κ1) is 12.6. The summed E-state index contributed by atoms with van der Waals surface area (Å²) in [5.41, 5.74) is 1.05. The van der Waals surface area contributed by atoms with E-state index in [1.165, 1.54) is 4.31 Å². The first-order chi connectivity index (χ1) is 8.06. The Morgan fingerprint density at radius 1 is 1.47 bits per heavy atom. The van der Waals surface area contributed by atoms with E-state index in [0.717, 1.165) is 18.7 Å². The molecule has 5 nitrogen and oxygen atoms in total. The van der Waals surface area contributed by atoms with Crippen LogP contribution in [0.1, 0.15) is 32.0 Å². The molecule has 0 aliphatic carbocycles. The van der Waals surface area contributed by atoms with Crippen molar-refractivity contribution < 1.29 is 8.42 Å². The van der Waals surface area contributed by atoms with Gasteiger partial charge in [-0.3, -0.25) is 0 Å². The third-order valence-electron chi connectivity index (χ3n) is 3.13. The predicted molar refractivity (Wildman–Crippen MR) is 66.8 cm³/mol. The SMILES string of the molecule is CCCNS(=O)(=O)N1CCn2cccc2C1C. The molecule has 2 rings (SSSR count). The first-order valence-corrected chi connectivity index (χ1v) is 7.41. The van der Waals surface area contributed by atoms with Crippen LogP contribution in [0.4, 0.5) is 0 Å². The third kappa shape index (κ3) is 2.38. The summed E-state index contributed by atoms with van der Waals surface area (Å²) < 4.78 is 30.5. The van der Waals surface area contributed by atoms with Gasteiger partial charge in [-0.1, -0.05) is 6.92 Å². The maximum Gasteiger partial charge on any atom is 0.280 e. The Balaban J connectivity index is 2.20. The van der Waals surface area contributed by atoms with Gasteiger partial charge in [0.15, 0.2) is 0 Å². The van der Waals surface area contributed by atoms with Gasteiger partial charge < -0.3 is 4.57 Å². The lowest BCUT2D eigenvalue weighted by Gasteiger charge is -2.33. The van der Waals surface area contributed by atoms with Gasteiger partial charge in [-0.25, -0.2) is 4.72 Å². The van der Waals surface area contributed by atoms with E-state index in [4.69, 9.17) is 0 Å². The highest BCUT2D eigenvalue weighted by Gasteiger charge is 2.32. The largest absolute Gasteiger partial charge is 0.349 e. The quantitative estimate of drug-likeness (QED) is 0.878. The second-order valence-corrected chi connectivity index (χ2v) is 6.02. The van der Waals surface area contributed by atoms with Crippen molar-refractivity contribution in [1.82, 2.24) is 13.6 Å². The summed E-state index contributed by atoms with van der Waals surface area (Å²) in [6.45, 7) is 5.62. The summed E-state index contributed by atoms with van der Waals surface area (Å²) in [6.07, 6.45) is 2.80. The minimum Gasteiger partial charge on any atom is -0.349 e. The summed E-state index contributed by atoms with van der Waals surface area (Å²) in [5, 5.41) is 0. The molecule has 1 N–H and O–H groups in total. The summed E-state index contributed by atoms with van der Waals surface area (Å²) in [5.74, 6) is 0. The van der Waals surface area contributed by atoms with E-state index >= 15 is 0 Å². The van der Waals surface area contributed by atoms with Crippen LogP contribution in [0.25, 0.3) is 0 Å².